The molecule has 0 bridgehead atoms. The average molecular weight is 540 g/mol. The zero-order chi connectivity index (χ0) is 28.6. The number of carbonyl (C=O) groups is 2. The smallest absolute Gasteiger partial charge is 0.407 e. The number of aliphatic hydroxyl groups is 1. The maximum Gasteiger partial charge on any atom is 0.407 e. The van der Waals surface area contributed by atoms with E-state index in [0.29, 0.717) is 6.42 Å². The Kier molecular flexibility index (Phi) is 10.4. The Labute approximate surface area is 233 Å². The van der Waals surface area contributed by atoms with Gasteiger partial charge in [-0.05, 0) is 90.6 Å². The molecule has 1 aliphatic heterocycles. The first-order valence-corrected chi connectivity index (χ1v) is 13.8. The van der Waals surface area contributed by atoms with Crippen molar-refractivity contribution in [2.75, 3.05) is 13.1 Å². The molecule has 8 heteroatoms. The van der Waals surface area contributed by atoms with Crippen molar-refractivity contribution in [2.45, 2.75) is 96.7 Å². The summed E-state index contributed by atoms with van der Waals surface area (Å²) in [6.07, 6.45) is 0.454. The molecule has 2 aromatic carbocycles. The summed E-state index contributed by atoms with van der Waals surface area (Å²) in [6.45, 7) is 13.3. The topological polar surface area (TPSA) is 100 Å². The number of benzene rings is 2. The quantitative estimate of drug-likeness (QED) is 0.413. The monoisotopic (exact) mass is 539 g/mol. The average Bonchev–Trinajstić information content (AvgIpc) is 3.37. The van der Waals surface area contributed by atoms with E-state index in [1.54, 1.807) is 0 Å². The molecule has 8 nitrogen and oxygen atoms in total. The molecular formula is C31H45N3O5. The van der Waals surface area contributed by atoms with Gasteiger partial charge in [-0.15, -0.1) is 0 Å². The van der Waals surface area contributed by atoms with Crippen molar-refractivity contribution >= 4 is 12.0 Å². The first-order valence-electron chi connectivity index (χ1n) is 13.8. The lowest BCUT2D eigenvalue weighted by Crippen LogP contribution is -2.54. The van der Waals surface area contributed by atoms with Gasteiger partial charge in [0.1, 0.15) is 18.0 Å². The number of amides is 2. The lowest BCUT2D eigenvalue weighted by atomic mass is 10.0. The molecule has 214 valence electrons. The van der Waals surface area contributed by atoms with Gasteiger partial charge in [-0.25, -0.2) is 4.79 Å². The summed E-state index contributed by atoms with van der Waals surface area (Å²) in [7, 11) is 0. The summed E-state index contributed by atoms with van der Waals surface area (Å²) in [4.78, 5) is 27.9. The number of likely N-dealkylation sites (tertiary alicyclic amines) is 1. The van der Waals surface area contributed by atoms with Gasteiger partial charge in [0, 0.05) is 12.1 Å². The molecule has 0 saturated carbocycles. The molecule has 1 fully saturated rings. The number of nitrogens with one attached hydrogen (secondary N) is 2. The fraction of sp³-hybridized carbons (Fsp3) is 0.548. The Morgan fingerprint density at radius 3 is 2.28 bits per heavy atom. The maximum absolute atomic E-state index is 13.0. The van der Waals surface area contributed by atoms with Gasteiger partial charge in [0.25, 0.3) is 0 Å². The van der Waals surface area contributed by atoms with Crippen molar-refractivity contribution < 1.29 is 24.2 Å². The first-order chi connectivity index (χ1) is 18.3. The van der Waals surface area contributed by atoms with E-state index in [2.05, 4.69) is 36.3 Å². The van der Waals surface area contributed by atoms with Gasteiger partial charge >= 0.3 is 6.09 Å². The van der Waals surface area contributed by atoms with Gasteiger partial charge in [0.05, 0.1) is 18.2 Å². The second-order valence-electron chi connectivity index (χ2n) is 12.2. The number of carbonyl (C=O) groups excluding carboxylic acids is 2. The number of ether oxygens (including phenoxy) is 2. The van der Waals surface area contributed by atoms with Crippen LogP contribution in [-0.4, -0.2) is 64.4 Å². The van der Waals surface area contributed by atoms with Gasteiger partial charge in [-0.2, -0.15) is 0 Å². The number of rotatable bonds is 10. The van der Waals surface area contributed by atoms with Crippen molar-refractivity contribution in [1.82, 2.24) is 15.5 Å². The van der Waals surface area contributed by atoms with E-state index in [1.807, 2.05) is 75.4 Å². The minimum absolute atomic E-state index is 0.0160. The van der Waals surface area contributed by atoms with Crippen LogP contribution in [0, 0.1) is 0 Å². The van der Waals surface area contributed by atoms with Gasteiger partial charge in [-0.1, -0.05) is 42.5 Å². The molecule has 0 aromatic heterocycles. The van der Waals surface area contributed by atoms with Crippen LogP contribution in [0.3, 0.4) is 0 Å². The van der Waals surface area contributed by atoms with E-state index in [4.69, 9.17) is 9.47 Å². The highest BCUT2D eigenvalue weighted by atomic mass is 16.5. The SMILES string of the molecule is CC(C)(C)Oc1ccc(C[C@H](NC(=O)OCc2ccccc2)[C@H](O)CNC(=O)[C@@H]2CCCN2C(C)(C)C)cc1. The van der Waals surface area contributed by atoms with Gasteiger partial charge in [-0.3, -0.25) is 9.69 Å². The molecule has 0 radical (unpaired) electrons. The molecule has 1 saturated heterocycles. The standard InChI is InChI=1S/C31H45N3O5/c1-30(2,3)34-18-10-13-26(34)28(36)32-20-27(35)25(33-29(37)38-21-23-11-8-7-9-12-23)19-22-14-16-24(17-15-22)39-31(4,5)6/h7-9,11-12,14-17,25-27,35H,10,13,18-21H2,1-6H3,(H,32,36)(H,33,37)/t25-,26-,27+/m0/s1. The number of hydrogen-bond acceptors (Lipinski definition) is 6. The lowest BCUT2D eigenvalue weighted by molar-refractivity contribution is -0.127. The second-order valence-corrected chi connectivity index (χ2v) is 12.2. The van der Waals surface area contributed by atoms with E-state index < -0.39 is 18.2 Å². The Hall–Kier alpha value is -3.10. The Morgan fingerprint density at radius 2 is 1.67 bits per heavy atom. The zero-order valence-corrected chi connectivity index (χ0v) is 24.2. The highest BCUT2D eigenvalue weighted by molar-refractivity contribution is 5.82. The van der Waals surface area contributed by atoms with Crippen LogP contribution in [0.5, 0.6) is 5.75 Å². The summed E-state index contributed by atoms with van der Waals surface area (Å²) in [5.74, 6) is 0.640. The van der Waals surface area contributed by atoms with Crippen LogP contribution in [0.25, 0.3) is 0 Å². The number of alkyl carbamates (subject to hydrolysis) is 1. The predicted molar refractivity (Wildman–Crippen MR) is 153 cm³/mol. The van der Waals surface area contributed by atoms with Gasteiger partial charge in [0.15, 0.2) is 0 Å². The lowest BCUT2D eigenvalue weighted by Gasteiger charge is -2.36. The molecule has 39 heavy (non-hydrogen) atoms. The molecule has 3 atom stereocenters. The van der Waals surface area contributed by atoms with E-state index in [0.717, 1.165) is 36.3 Å². The third-order valence-corrected chi connectivity index (χ3v) is 6.69. The minimum atomic E-state index is -1.02. The molecule has 0 unspecified atom stereocenters. The van der Waals surface area contributed by atoms with Crippen molar-refractivity contribution in [1.29, 1.82) is 0 Å². The molecule has 2 aromatic rings. The summed E-state index contributed by atoms with van der Waals surface area (Å²) in [6, 6.07) is 16.1. The molecule has 1 heterocycles. The normalized spacial score (nSPS) is 17.8. The van der Waals surface area contributed by atoms with E-state index >= 15 is 0 Å². The summed E-state index contributed by atoms with van der Waals surface area (Å²) < 4.78 is 11.3. The maximum atomic E-state index is 13.0. The van der Waals surface area contributed by atoms with Crippen LogP contribution in [0.2, 0.25) is 0 Å². The Bertz CT molecular complexity index is 1060. The summed E-state index contributed by atoms with van der Waals surface area (Å²) in [5.41, 5.74) is 1.34. The zero-order valence-electron chi connectivity index (χ0n) is 24.2. The Morgan fingerprint density at radius 1 is 1.00 bits per heavy atom. The second kappa shape index (κ2) is 13.3. The van der Waals surface area contributed by atoms with Crippen molar-refractivity contribution in [3.8, 4) is 5.75 Å². The molecule has 2 amide bonds. The molecular weight excluding hydrogens is 494 g/mol. The van der Waals surface area contributed by atoms with Crippen molar-refractivity contribution in [3.05, 3.63) is 65.7 Å². The predicted octanol–water partition coefficient (Wildman–Crippen LogP) is 4.44. The first kappa shape index (κ1) is 30.4. The number of hydrogen-bond donors (Lipinski definition) is 3. The van der Waals surface area contributed by atoms with Crippen LogP contribution in [0.4, 0.5) is 4.79 Å². The van der Waals surface area contributed by atoms with Gasteiger partial charge < -0.3 is 25.2 Å². The van der Waals surface area contributed by atoms with Crippen LogP contribution in [-0.2, 0) is 22.6 Å². The van der Waals surface area contributed by atoms with Crippen LogP contribution >= 0.6 is 0 Å². The van der Waals surface area contributed by atoms with E-state index in [9.17, 15) is 14.7 Å². The van der Waals surface area contributed by atoms with Gasteiger partial charge in [0.2, 0.25) is 5.91 Å². The van der Waals surface area contributed by atoms with Crippen molar-refractivity contribution in [2.24, 2.45) is 0 Å². The largest absolute Gasteiger partial charge is 0.488 e. The fourth-order valence-electron chi connectivity index (χ4n) is 4.81. The van der Waals surface area contributed by atoms with Crippen LogP contribution in [0.15, 0.2) is 54.6 Å². The number of aliphatic hydroxyl groups excluding tert-OH is 1. The van der Waals surface area contributed by atoms with Crippen LogP contribution < -0.4 is 15.4 Å². The molecule has 0 aliphatic carbocycles. The minimum Gasteiger partial charge on any atom is -0.488 e. The molecule has 0 spiro atoms. The van der Waals surface area contributed by atoms with Crippen LogP contribution in [0.1, 0.15) is 65.5 Å². The van der Waals surface area contributed by atoms with Crippen molar-refractivity contribution in [3.63, 3.8) is 0 Å². The molecule has 3 N–H and O–H groups in total. The van der Waals surface area contributed by atoms with E-state index in [1.165, 1.54) is 0 Å². The highest BCUT2D eigenvalue weighted by Crippen LogP contribution is 2.26. The van der Waals surface area contributed by atoms with E-state index in [-0.39, 0.29) is 36.2 Å². The fourth-order valence-corrected chi connectivity index (χ4v) is 4.81. The third-order valence-electron chi connectivity index (χ3n) is 6.69. The third kappa shape index (κ3) is 9.86. The summed E-state index contributed by atoms with van der Waals surface area (Å²) >= 11 is 0. The Balaban J connectivity index is 1.65. The summed E-state index contributed by atoms with van der Waals surface area (Å²) in [5, 5.41) is 16.8. The number of nitrogens with zero attached hydrogens (tertiary/aromatic N) is 1. The molecule has 1 aliphatic rings. The molecule has 3 rings (SSSR count). The highest BCUT2D eigenvalue weighted by Gasteiger charge is 2.37.